The second kappa shape index (κ2) is 7.25. The van der Waals surface area contributed by atoms with Crippen LogP contribution in [0.5, 0.6) is 0 Å². The number of thioether (sulfide) groups is 1. The number of amides is 2. The number of anilines is 1. The average Bonchev–Trinajstić information content (AvgIpc) is 3.17. The van der Waals surface area contributed by atoms with E-state index in [9.17, 15) is 4.79 Å². The Hall–Kier alpha value is -1.74. The minimum atomic E-state index is -1.48. The van der Waals surface area contributed by atoms with Gasteiger partial charge in [0.15, 0.2) is 16.0 Å². The van der Waals surface area contributed by atoms with Gasteiger partial charge in [0.25, 0.3) is 0 Å². The van der Waals surface area contributed by atoms with Crippen molar-refractivity contribution in [1.82, 2.24) is 19.8 Å². The van der Waals surface area contributed by atoms with Gasteiger partial charge in [-0.15, -0.1) is 0 Å². The van der Waals surface area contributed by atoms with E-state index in [2.05, 4.69) is 20.1 Å². The molecule has 3 heterocycles. The summed E-state index contributed by atoms with van der Waals surface area (Å²) in [5, 5.41) is 9.15. The molecule has 1 aliphatic heterocycles. The van der Waals surface area contributed by atoms with Crippen LogP contribution in [-0.4, -0.2) is 44.0 Å². The summed E-state index contributed by atoms with van der Waals surface area (Å²) in [5.41, 5.74) is 0. The molecule has 136 valence electrons. The quantitative estimate of drug-likeness (QED) is 0.808. The number of piperidine rings is 1. The van der Waals surface area contributed by atoms with Crippen molar-refractivity contribution in [2.24, 2.45) is 13.0 Å². The van der Waals surface area contributed by atoms with Crippen molar-refractivity contribution in [3.05, 3.63) is 23.7 Å². The van der Waals surface area contributed by atoms with Gasteiger partial charge in [-0.1, -0.05) is 28.5 Å². The van der Waals surface area contributed by atoms with Crippen molar-refractivity contribution >= 4 is 35.2 Å². The summed E-state index contributed by atoms with van der Waals surface area (Å²) < 4.78 is 21.5. The van der Waals surface area contributed by atoms with Crippen LogP contribution in [0.3, 0.4) is 0 Å². The molecular formula is C15H19ClFN5O2S. The molecule has 2 amide bonds. The predicted octanol–water partition coefficient (Wildman–Crippen LogP) is 3.78. The van der Waals surface area contributed by atoms with E-state index in [1.54, 1.807) is 35.8 Å². The van der Waals surface area contributed by atoms with E-state index in [0.717, 1.165) is 11.8 Å². The highest BCUT2D eigenvalue weighted by molar-refractivity contribution is 8.00. The Balaban J connectivity index is 1.55. The zero-order valence-electron chi connectivity index (χ0n) is 13.9. The highest BCUT2D eigenvalue weighted by Crippen LogP contribution is 2.45. The molecule has 3 rings (SSSR count). The number of hydrogen-bond donors (Lipinski definition) is 1. The molecule has 0 aliphatic carbocycles. The van der Waals surface area contributed by atoms with Crippen molar-refractivity contribution in [2.75, 3.05) is 18.4 Å². The van der Waals surface area contributed by atoms with Crippen LogP contribution in [-0.2, 0) is 7.05 Å². The number of hydrogen-bond acceptors (Lipinski definition) is 5. The number of likely N-dealkylation sites (tertiary alicyclic amines) is 1. The third-order valence-electron chi connectivity index (χ3n) is 4.25. The molecule has 2 aromatic heterocycles. The Labute approximate surface area is 153 Å². The van der Waals surface area contributed by atoms with Crippen LogP contribution in [0.15, 0.2) is 27.9 Å². The van der Waals surface area contributed by atoms with Gasteiger partial charge in [0.1, 0.15) is 6.26 Å². The van der Waals surface area contributed by atoms with Crippen molar-refractivity contribution in [2.45, 2.75) is 29.7 Å². The summed E-state index contributed by atoms with van der Waals surface area (Å²) in [7, 11) is 1.75. The lowest BCUT2D eigenvalue weighted by Gasteiger charge is -2.37. The van der Waals surface area contributed by atoms with Crippen molar-refractivity contribution in [3.63, 3.8) is 0 Å². The summed E-state index contributed by atoms with van der Waals surface area (Å²) in [6.07, 6.45) is 4.25. The number of aromatic nitrogens is 3. The van der Waals surface area contributed by atoms with E-state index < -0.39 is 5.00 Å². The Morgan fingerprint density at radius 1 is 1.52 bits per heavy atom. The van der Waals surface area contributed by atoms with E-state index in [1.165, 1.54) is 6.26 Å². The predicted molar refractivity (Wildman–Crippen MR) is 93.4 cm³/mol. The fourth-order valence-corrected chi connectivity index (χ4v) is 4.32. The van der Waals surface area contributed by atoms with Crippen LogP contribution < -0.4 is 5.32 Å². The van der Waals surface area contributed by atoms with Gasteiger partial charge in [0.05, 0.1) is 4.90 Å². The fourth-order valence-electron chi connectivity index (χ4n) is 2.87. The zero-order valence-corrected chi connectivity index (χ0v) is 15.5. The summed E-state index contributed by atoms with van der Waals surface area (Å²) in [6, 6.07) is 1.31. The van der Waals surface area contributed by atoms with E-state index in [1.807, 2.05) is 0 Å². The lowest BCUT2D eigenvalue weighted by molar-refractivity contribution is 0.124. The largest absolute Gasteiger partial charge is 0.363 e. The maximum absolute atomic E-state index is 15.2. The molecule has 1 unspecified atom stereocenters. The van der Waals surface area contributed by atoms with E-state index in [-0.39, 0.29) is 11.9 Å². The number of rotatable bonds is 4. The van der Waals surface area contributed by atoms with Gasteiger partial charge in [-0.3, -0.25) is 10.00 Å². The highest BCUT2D eigenvalue weighted by atomic mass is 35.5. The molecule has 0 radical (unpaired) electrons. The van der Waals surface area contributed by atoms with Crippen molar-refractivity contribution in [3.8, 4) is 0 Å². The first kappa shape index (κ1) is 18.1. The second-order valence-electron chi connectivity index (χ2n) is 6.12. The van der Waals surface area contributed by atoms with Gasteiger partial charge in [0.2, 0.25) is 0 Å². The van der Waals surface area contributed by atoms with Gasteiger partial charge in [-0.25, -0.2) is 9.18 Å². The summed E-state index contributed by atoms with van der Waals surface area (Å²) >= 11 is 7.12. The normalized spacial score (nSPS) is 18.2. The van der Waals surface area contributed by atoms with Gasteiger partial charge in [-0.2, -0.15) is 5.10 Å². The monoisotopic (exact) mass is 387 g/mol. The molecule has 25 heavy (non-hydrogen) atoms. The number of aryl methyl sites for hydroxylation is 1. The maximum atomic E-state index is 15.2. The lowest BCUT2D eigenvalue weighted by atomic mass is 9.92. The number of carbonyl (C=O) groups excluding carboxylic acids is 1. The molecule has 0 aromatic carbocycles. The number of halogens is 2. The number of alkyl halides is 1. The average molecular weight is 388 g/mol. The number of carbonyl (C=O) groups is 1. The van der Waals surface area contributed by atoms with Crippen LogP contribution in [0, 0.1) is 5.92 Å². The minimum Gasteiger partial charge on any atom is -0.363 e. The molecule has 2 aromatic rings. The Kier molecular flexibility index (Phi) is 5.24. The minimum absolute atomic E-state index is 0.176. The number of urea groups is 1. The third-order valence-corrected chi connectivity index (χ3v) is 5.89. The zero-order chi connectivity index (χ0) is 18.0. The molecular weight excluding hydrogens is 369 g/mol. The first-order chi connectivity index (χ1) is 11.8. The van der Waals surface area contributed by atoms with Crippen LogP contribution in [0.1, 0.15) is 19.8 Å². The highest BCUT2D eigenvalue weighted by Gasteiger charge is 2.39. The molecule has 1 N–H and O–H groups in total. The van der Waals surface area contributed by atoms with E-state index in [4.69, 9.17) is 11.6 Å². The molecule has 0 bridgehead atoms. The Bertz CT molecular complexity index is 728. The van der Waals surface area contributed by atoms with Crippen molar-refractivity contribution in [1.29, 1.82) is 0 Å². The standard InChI is InChI=1S/C15H19ClFN5O2S/c1-15(17,25-11-9-21(2)19-13(11)16)10-3-6-22(7-4-10)14(23)18-12-5-8-24-20-12/h5,8-10H,3-4,6-7H2,1-2H3,(H,18,20,23). The van der Waals surface area contributed by atoms with Gasteiger partial charge in [0, 0.05) is 38.3 Å². The molecule has 0 spiro atoms. The molecule has 0 saturated carbocycles. The molecule has 10 heteroatoms. The second-order valence-corrected chi connectivity index (χ2v) is 7.92. The van der Waals surface area contributed by atoms with Crippen LogP contribution >= 0.6 is 23.4 Å². The van der Waals surface area contributed by atoms with Crippen LogP contribution in [0.4, 0.5) is 15.0 Å². The number of nitrogens with zero attached hydrogens (tertiary/aromatic N) is 4. The third kappa shape index (κ3) is 4.27. The fraction of sp³-hybridized carbons (Fsp3) is 0.533. The van der Waals surface area contributed by atoms with Crippen LogP contribution in [0.25, 0.3) is 0 Å². The Morgan fingerprint density at radius 3 is 2.80 bits per heavy atom. The molecule has 1 saturated heterocycles. The van der Waals surface area contributed by atoms with Gasteiger partial charge >= 0.3 is 6.03 Å². The van der Waals surface area contributed by atoms with E-state index in [0.29, 0.717) is 41.8 Å². The molecule has 1 fully saturated rings. The molecule has 1 atom stereocenters. The van der Waals surface area contributed by atoms with E-state index >= 15 is 4.39 Å². The SMILES string of the molecule is Cn1cc(SC(C)(F)C2CCN(C(=O)Nc3ccon3)CC2)c(Cl)n1. The summed E-state index contributed by atoms with van der Waals surface area (Å²) in [6.45, 7) is 2.53. The van der Waals surface area contributed by atoms with Gasteiger partial charge in [-0.05, 0) is 19.8 Å². The summed E-state index contributed by atoms with van der Waals surface area (Å²) in [5.74, 6) is 0.189. The van der Waals surface area contributed by atoms with Gasteiger partial charge < -0.3 is 9.42 Å². The lowest BCUT2D eigenvalue weighted by Crippen LogP contribution is -2.44. The first-order valence-electron chi connectivity index (χ1n) is 7.88. The molecule has 7 nitrogen and oxygen atoms in total. The summed E-state index contributed by atoms with van der Waals surface area (Å²) in [4.78, 5) is 14.4. The number of nitrogens with one attached hydrogen (secondary N) is 1. The Morgan fingerprint density at radius 2 is 2.24 bits per heavy atom. The van der Waals surface area contributed by atoms with Crippen LogP contribution in [0.2, 0.25) is 5.15 Å². The first-order valence-corrected chi connectivity index (χ1v) is 9.08. The van der Waals surface area contributed by atoms with Crippen molar-refractivity contribution < 1.29 is 13.7 Å². The maximum Gasteiger partial charge on any atom is 0.323 e. The topological polar surface area (TPSA) is 76.2 Å². The smallest absolute Gasteiger partial charge is 0.323 e. The molecule has 1 aliphatic rings.